The summed E-state index contributed by atoms with van der Waals surface area (Å²) in [5.41, 5.74) is 6.45. The van der Waals surface area contributed by atoms with Crippen LogP contribution in [0.3, 0.4) is 0 Å². The first-order valence-electron chi connectivity index (χ1n) is 4.59. The molecule has 0 amide bonds. The van der Waals surface area contributed by atoms with E-state index in [-0.39, 0.29) is 24.3 Å². The number of aromatic nitrogens is 1. The van der Waals surface area contributed by atoms with Gasteiger partial charge < -0.3 is 11.1 Å². The number of para-hydroxylation sites is 1. The van der Waals surface area contributed by atoms with Crippen molar-refractivity contribution >= 4 is 39.8 Å². The van der Waals surface area contributed by atoms with Gasteiger partial charge in [-0.15, -0.1) is 23.7 Å². The van der Waals surface area contributed by atoms with Crippen molar-refractivity contribution in [3.63, 3.8) is 0 Å². The van der Waals surface area contributed by atoms with Gasteiger partial charge >= 0.3 is 0 Å². The Morgan fingerprint density at radius 2 is 2.19 bits per heavy atom. The van der Waals surface area contributed by atoms with Crippen molar-refractivity contribution in [1.29, 1.82) is 5.41 Å². The summed E-state index contributed by atoms with van der Waals surface area (Å²) < 4.78 is 1.12. The monoisotopic (exact) mass is 256 g/mol. The van der Waals surface area contributed by atoms with Crippen LogP contribution >= 0.6 is 23.7 Å². The molecule has 0 radical (unpaired) electrons. The van der Waals surface area contributed by atoms with E-state index < -0.39 is 0 Å². The van der Waals surface area contributed by atoms with E-state index in [0.29, 0.717) is 0 Å². The van der Waals surface area contributed by atoms with Crippen molar-refractivity contribution in [2.24, 2.45) is 5.73 Å². The molecular weight excluding hydrogens is 244 g/mol. The fourth-order valence-corrected chi connectivity index (χ4v) is 2.52. The Balaban J connectivity index is 0.00000128. The smallest absolute Gasteiger partial charge is 0.119 e. The third kappa shape index (κ3) is 2.32. The van der Waals surface area contributed by atoms with Gasteiger partial charge in [0.25, 0.3) is 0 Å². The highest BCUT2D eigenvalue weighted by atomic mass is 35.5. The van der Waals surface area contributed by atoms with E-state index in [1.807, 2.05) is 24.3 Å². The number of hydrogen-bond acceptors (Lipinski definition) is 4. The van der Waals surface area contributed by atoms with Crippen molar-refractivity contribution in [3.05, 3.63) is 29.3 Å². The Kier molecular flexibility index (Phi) is 4.23. The molecule has 0 aliphatic rings. The minimum atomic E-state index is -0.276. The number of nitrogens with one attached hydrogen (secondary N) is 2. The van der Waals surface area contributed by atoms with Crippen molar-refractivity contribution in [1.82, 2.24) is 10.3 Å². The Morgan fingerprint density at radius 3 is 2.75 bits per heavy atom. The van der Waals surface area contributed by atoms with Crippen LogP contribution < -0.4 is 11.1 Å². The van der Waals surface area contributed by atoms with E-state index in [9.17, 15) is 0 Å². The molecular formula is C10H13ClN4S. The Labute approximate surface area is 104 Å². The fourth-order valence-electron chi connectivity index (χ4n) is 1.43. The van der Waals surface area contributed by atoms with Crippen LogP contribution in [0.1, 0.15) is 11.0 Å². The number of benzene rings is 1. The van der Waals surface area contributed by atoms with Gasteiger partial charge in [-0.05, 0) is 19.2 Å². The first-order valence-corrected chi connectivity index (χ1v) is 5.40. The number of nitrogens with two attached hydrogens (primary N) is 1. The lowest BCUT2D eigenvalue weighted by molar-refractivity contribution is 0.735. The Bertz CT molecular complexity index is 463. The van der Waals surface area contributed by atoms with Gasteiger partial charge in [-0.3, -0.25) is 5.41 Å². The third-order valence-electron chi connectivity index (χ3n) is 2.16. The third-order valence-corrected chi connectivity index (χ3v) is 3.26. The number of amidine groups is 1. The molecule has 2 aromatic rings. The molecule has 0 saturated carbocycles. The van der Waals surface area contributed by atoms with Crippen LogP contribution in [0.2, 0.25) is 0 Å². The zero-order valence-corrected chi connectivity index (χ0v) is 10.4. The summed E-state index contributed by atoms with van der Waals surface area (Å²) >= 11 is 1.56. The van der Waals surface area contributed by atoms with Gasteiger partial charge in [0.05, 0.1) is 10.2 Å². The summed E-state index contributed by atoms with van der Waals surface area (Å²) in [5, 5.41) is 11.3. The summed E-state index contributed by atoms with van der Waals surface area (Å²) in [6.07, 6.45) is 0. The molecule has 86 valence electrons. The predicted octanol–water partition coefficient (Wildman–Crippen LogP) is 1.91. The van der Waals surface area contributed by atoms with Crippen molar-refractivity contribution in [2.45, 2.75) is 6.04 Å². The van der Waals surface area contributed by atoms with Gasteiger partial charge in [0.1, 0.15) is 16.9 Å². The molecule has 0 aliphatic heterocycles. The molecule has 0 saturated heterocycles. The van der Waals surface area contributed by atoms with Crippen molar-refractivity contribution in [3.8, 4) is 0 Å². The van der Waals surface area contributed by atoms with Crippen molar-refractivity contribution < 1.29 is 0 Å². The van der Waals surface area contributed by atoms with Crippen LogP contribution in [-0.2, 0) is 0 Å². The minimum Gasteiger partial charge on any atom is -0.386 e. The number of fused-ring (bicyclic) bond motifs is 1. The molecule has 4 nitrogen and oxygen atoms in total. The molecule has 0 fully saturated rings. The summed E-state index contributed by atoms with van der Waals surface area (Å²) in [6, 6.07) is 7.63. The molecule has 0 aliphatic carbocycles. The molecule has 1 aromatic carbocycles. The van der Waals surface area contributed by atoms with E-state index in [2.05, 4.69) is 10.3 Å². The zero-order chi connectivity index (χ0) is 10.8. The highest BCUT2D eigenvalue weighted by Gasteiger charge is 2.16. The van der Waals surface area contributed by atoms with E-state index in [1.54, 1.807) is 18.4 Å². The summed E-state index contributed by atoms with van der Waals surface area (Å²) in [5.74, 6) is 0.0940. The second-order valence-electron chi connectivity index (χ2n) is 3.20. The van der Waals surface area contributed by atoms with Gasteiger partial charge in [0, 0.05) is 0 Å². The van der Waals surface area contributed by atoms with E-state index in [0.717, 1.165) is 15.2 Å². The lowest BCUT2D eigenvalue weighted by atomic mass is 10.3. The highest BCUT2D eigenvalue weighted by molar-refractivity contribution is 7.18. The van der Waals surface area contributed by atoms with Gasteiger partial charge in [0.15, 0.2) is 0 Å². The number of halogens is 1. The van der Waals surface area contributed by atoms with E-state index in [4.69, 9.17) is 11.1 Å². The molecule has 1 unspecified atom stereocenters. The summed E-state index contributed by atoms with van der Waals surface area (Å²) in [7, 11) is 1.78. The first kappa shape index (κ1) is 12.9. The summed E-state index contributed by atoms with van der Waals surface area (Å²) in [4.78, 5) is 4.44. The van der Waals surface area contributed by atoms with Gasteiger partial charge in [0.2, 0.25) is 0 Å². The standard InChI is InChI=1S/C10H12N4S.ClH/c1-13-8(9(11)12)10-14-6-4-2-3-5-7(6)15-10;/h2-5,8,13H,1H3,(H3,11,12);1H. The van der Waals surface area contributed by atoms with Crippen LogP contribution in [0.5, 0.6) is 0 Å². The average molecular weight is 257 g/mol. The largest absolute Gasteiger partial charge is 0.386 e. The van der Waals surface area contributed by atoms with Crippen LogP contribution in [0.25, 0.3) is 10.2 Å². The number of rotatable bonds is 3. The fraction of sp³-hybridized carbons (Fsp3) is 0.200. The molecule has 16 heavy (non-hydrogen) atoms. The Morgan fingerprint density at radius 1 is 1.50 bits per heavy atom. The number of thiazole rings is 1. The van der Waals surface area contributed by atoms with Crippen LogP contribution in [0.15, 0.2) is 24.3 Å². The first-order chi connectivity index (χ1) is 7.22. The maximum absolute atomic E-state index is 7.44. The molecule has 4 N–H and O–H groups in total. The van der Waals surface area contributed by atoms with Gasteiger partial charge in [-0.2, -0.15) is 0 Å². The predicted molar refractivity (Wildman–Crippen MR) is 70.6 cm³/mol. The van der Waals surface area contributed by atoms with Gasteiger partial charge in [-0.1, -0.05) is 12.1 Å². The quantitative estimate of drug-likeness (QED) is 0.580. The van der Waals surface area contributed by atoms with Crippen LogP contribution in [0.4, 0.5) is 0 Å². The molecule has 1 heterocycles. The molecule has 6 heteroatoms. The number of likely N-dealkylation sites (N-methyl/N-ethyl adjacent to an activating group) is 1. The lowest BCUT2D eigenvalue weighted by Gasteiger charge is -2.09. The lowest BCUT2D eigenvalue weighted by Crippen LogP contribution is -2.30. The summed E-state index contributed by atoms with van der Waals surface area (Å²) in [6.45, 7) is 0. The van der Waals surface area contributed by atoms with E-state index >= 15 is 0 Å². The average Bonchev–Trinajstić information content (AvgIpc) is 2.61. The van der Waals surface area contributed by atoms with E-state index in [1.165, 1.54) is 0 Å². The second kappa shape index (κ2) is 5.25. The molecule has 0 spiro atoms. The SMILES string of the molecule is CNC(C(=N)N)c1nc2ccccc2s1.Cl. The van der Waals surface area contributed by atoms with Crippen LogP contribution in [0, 0.1) is 5.41 Å². The Hall–Kier alpha value is -1.17. The normalized spacial score (nSPS) is 12.1. The second-order valence-corrected chi connectivity index (χ2v) is 4.26. The molecule has 2 rings (SSSR count). The molecule has 0 bridgehead atoms. The molecule has 1 atom stereocenters. The zero-order valence-electron chi connectivity index (χ0n) is 8.73. The van der Waals surface area contributed by atoms with Crippen molar-refractivity contribution in [2.75, 3.05) is 7.05 Å². The number of hydrogen-bond donors (Lipinski definition) is 3. The minimum absolute atomic E-state index is 0. The maximum atomic E-state index is 7.44. The maximum Gasteiger partial charge on any atom is 0.119 e. The topological polar surface area (TPSA) is 74.8 Å². The number of nitrogens with zero attached hydrogens (tertiary/aromatic N) is 1. The highest BCUT2D eigenvalue weighted by Crippen LogP contribution is 2.25. The van der Waals surface area contributed by atoms with Crippen LogP contribution in [-0.4, -0.2) is 17.9 Å². The molecule has 1 aromatic heterocycles. The van der Waals surface area contributed by atoms with Gasteiger partial charge in [-0.25, -0.2) is 4.98 Å².